The van der Waals surface area contributed by atoms with E-state index in [0.29, 0.717) is 6.04 Å². The van der Waals surface area contributed by atoms with Crippen LogP contribution < -0.4 is 5.32 Å². The standard InChI is InChI=1S/C18H19BrN2S2/c19-17-7-6-15(23-17)18(21-10-3-8-20-9-11-21)16-12-13-4-1-2-5-14(13)22-16/h1-2,4-7,12,18,20H,3,8-11H2. The Hall–Kier alpha value is -0.720. The maximum absolute atomic E-state index is 3.64. The maximum Gasteiger partial charge on any atom is 0.0791 e. The monoisotopic (exact) mass is 406 g/mol. The van der Waals surface area contributed by atoms with Crippen LogP contribution in [-0.2, 0) is 0 Å². The van der Waals surface area contributed by atoms with Gasteiger partial charge < -0.3 is 5.32 Å². The van der Waals surface area contributed by atoms with Crippen LogP contribution in [0.15, 0.2) is 46.3 Å². The van der Waals surface area contributed by atoms with Crippen LogP contribution >= 0.6 is 38.6 Å². The van der Waals surface area contributed by atoms with E-state index in [0.717, 1.165) is 26.2 Å². The van der Waals surface area contributed by atoms with Crippen molar-refractivity contribution in [2.24, 2.45) is 0 Å². The summed E-state index contributed by atoms with van der Waals surface area (Å²) in [6, 6.07) is 15.9. The van der Waals surface area contributed by atoms with E-state index in [1.165, 1.54) is 30.0 Å². The SMILES string of the molecule is Brc1ccc(C(c2cc3ccccc3s2)N2CCCNCC2)s1. The lowest BCUT2D eigenvalue weighted by Gasteiger charge is -2.29. The van der Waals surface area contributed by atoms with Crippen LogP contribution in [-0.4, -0.2) is 31.1 Å². The van der Waals surface area contributed by atoms with Crippen molar-refractivity contribution in [1.29, 1.82) is 0 Å². The minimum atomic E-state index is 0.378. The first-order chi connectivity index (χ1) is 11.3. The molecule has 1 atom stereocenters. The fourth-order valence-electron chi connectivity index (χ4n) is 3.24. The van der Waals surface area contributed by atoms with Crippen molar-refractivity contribution in [3.63, 3.8) is 0 Å². The van der Waals surface area contributed by atoms with E-state index in [1.54, 1.807) is 0 Å². The summed E-state index contributed by atoms with van der Waals surface area (Å²) in [5.74, 6) is 0. The van der Waals surface area contributed by atoms with Crippen molar-refractivity contribution < 1.29 is 0 Å². The van der Waals surface area contributed by atoms with Gasteiger partial charge in [-0.2, -0.15) is 0 Å². The molecule has 0 bridgehead atoms. The highest BCUT2D eigenvalue weighted by Gasteiger charge is 2.26. The van der Waals surface area contributed by atoms with Gasteiger partial charge in [-0.15, -0.1) is 22.7 Å². The molecule has 1 unspecified atom stereocenters. The van der Waals surface area contributed by atoms with Crippen molar-refractivity contribution in [2.75, 3.05) is 26.2 Å². The van der Waals surface area contributed by atoms with Gasteiger partial charge in [-0.05, 0) is 58.5 Å². The molecule has 5 heteroatoms. The van der Waals surface area contributed by atoms with Crippen molar-refractivity contribution in [3.8, 4) is 0 Å². The highest BCUT2D eigenvalue weighted by Crippen LogP contribution is 2.40. The number of thiophene rings is 2. The van der Waals surface area contributed by atoms with Gasteiger partial charge in [-0.3, -0.25) is 4.90 Å². The molecule has 1 saturated heterocycles. The number of nitrogens with one attached hydrogen (secondary N) is 1. The topological polar surface area (TPSA) is 15.3 Å². The third-order valence-electron chi connectivity index (χ3n) is 4.32. The molecule has 23 heavy (non-hydrogen) atoms. The number of halogens is 1. The summed E-state index contributed by atoms with van der Waals surface area (Å²) >= 11 is 7.44. The van der Waals surface area contributed by atoms with E-state index in [-0.39, 0.29) is 0 Å². The third kappa shape index (κ3) is 3.39. The number of nitrogens with zero attached hydrogens (tertiary/aromatic N) is 1. The lowest BCUT2D eigenvalue weighted by atomic mass is 10.1. The van der Waals surface area contributed by atoms with Crippen LogP contribution in [0.2, 0.25) is 0 Å². The molecule has 1 N–H and O–H groups in total. The molecule has 0 spiro atoms. The largest absolute Gasteiger partial charge is 0.315 e. The Bertz CT molecular complexity index is 754. The van der Waals surface area contributed by atoms with Gasteiger partial charge in [0.2, 0.25) is 0 Å². The van der Waals surface area contributed by atoms with Crippen molar-refractivity contribution in [3.05, 3.63) is 56.0 Å². The number of fused-ring (bicyclic) bond motifs is 1. The van der Waals surface area contributed by atoms with Gasteiger partial charge in [0.05, 0.1) is 9.83 Å². The van der Waals surface area contributed by atoms with Crippen molar-refractivity contribution in [2.45, 2.75) is 12.5 Å². The first-order valence-corrected chi connectivity index (χ1v) is 10.4. The Morgan fingerprint density at radius 2 is 1.91 bits per heavy atom. The molecule has 0 amide bonds. The summed E-state index contributed by atoms with van der Waals surface area (Å²) in [6.45, 7) is 4.47. The lowest BCUT2D eigenvalue weighted by molar-refractivity contribution is 0.247. The third-order valence-corrected chi connectivity index (χ3v) is 7.16. The average Bonchev–Trinajstić information content (AvgIpc) is 3.07. The van der Waals surface area contributed by atoms with Crippen LogP contribution in [0, 0.1) is 0 Å². The average molecular weight is 407 g/mol. The van der Waals surface area contributed by atoms with Gasteiger partial charge in [0.15, 0.2) is 0 Å². The van der Waals surface area contributed by atoms with Gasteiger partial charge >= 0.3 is 0 Å². The van der Waals surface area contributed by atoms with Crippen LogP contribution in [0.25, 0.3) is 10.1 Å². The van der Waals surface area contributed by atoms with Crippen LogP contribution in [0.4, 0.5) is 0 Å². The number of hydrogen-bond donors (Lipinski definition) is 1. The second-order valence-electron chi connectivity index (χ2n) is 5.87. The van der Waals surface area contributed by atoms with Crippen LogP contribution in [0.3, 0.4) is 0 Å². The molecular weight excluding hydrogens is 388 g/mol. The fourth-order valence-corrected chi connectivity index (χ4v) is 6.11. The predicted molar refractivity (Wildman–Crippen MR) is 105 cm³/mol. The fraction of sp³-hybridized carbons (Fsp3) is 0.333. The van der Waals surface area contributed by atoms with Gasteiger partial charge in [0.25, 0.3) is 0 Å². The Kier molecular flexibility index (Phi) is 4.83. The Balaban J connectivity index is 1.77. The van der Waals surface area contributed by atoms with E-state index in [1.807, 2.05) is 22.7 Å². The molecule has 1 aromatic carbocycles. The maximum atomic E-state index is 3.64. The zero-order valence-electron chi connectivity index (χ0n) is 12.8. The van der Waals surface area contributed by atoms with Gasteiger partial charge in [0.1, 0.15) is 0 Å². The summed E-state index contributed by atoms with van der Waals surface area (Å²) < 4.78 is 2.60. The Morgan fingerprint density at radius 3 is 2.74 bits per heavy atom. The zero-order valence-corrected chi connectivity index (χ0v) is 16.0. The summed E-state index contributed by atoms with van der Waals surface area (Å²) in [5.41, 5.74) is 0. The van der Waals surface area contributed by atoms with Crippen molar-refractivity contribution in [1.82, 2.24) is 10.2 Å². The van der Waals surface area contributed by atoms with Gasteiger partial charge in [0, 0.05) is 34.1 Å². The molecule has 2 nitrogen and oxygen atoms in total. The second kappa shape index (κ2) is 7.03. The van der Waals surface area contributed by atoms with Crippen LogP contribution in [0.5, 0.6) is 0 Å². The first kappa shape index (κ1) is 15.8. The quantitative estimate of drug-likeness (QED) is 0.649. The predicted octanol–water partition coefficient (Wildman–Crippen LogP) is 5.11. The van der Waals surface area contributed by atoms with E-state index < -0.39 is 0 Å². The minimum absolute atomic E-state index is 0.378. The Morgan fingerprint density at radius 1 is 1.00 bits per heavy atom. The van der Waals surface area contributed by atoms with E-state index in [2.05, 4.69) is 68.6 Å². The molecule has 4 rings (SSSR count). The minimum Gasteiger partial charge on any atom is -0.315 e. The molecule has 1 aliphatic rings. The summed E-state index contributed by atoms with van der Waals surface area (Å²) in [6.07, 6.45) is 1.22. The molecule has 0 aliphatic carbocycles. The Labute approximate surface area is 153 Å². The number of rotatable bonds is 3. The second-order valence-corrected chi connectivity index (χ2v) is 9.48. The molecular formula is C18H19BrN2S2. The lowest BCUT2D eigenvalue weighted by Crippen LogP contribution is -2.32. The van der Waals surface area contributed by atoms with Gasteiger partial charge in [-0.1, -0.05) is 18.2 Å². The van der Waals surface area contributed by atoms with E-state index in [4.69, 9.17) is 0 Å². The number of hydrogen-bond acceptors (Lipinski definition) is 4. The molecule has 1 aliphatic heterocycles. The normalized spacial score (nSPS) is 18.1. The zero-order chi connectivity index (χ0) is 15.6. The first-order valence-electron chi connectivity index (χ1n) is 8.00. The highest BCUT2D eigenvalue weighted by atomic mass is 79.9. The molecule has 3 heterocycles. The van der Waals surface area contributed by atoms with E-state index in [9.17, 15) is 0 Å². The highest BCUT2D eigenvalue weighted by molar-refractivity contribution is 9.11. The van der Waals surface area contributed by atoms with Crippen LogP contribution in [0.1, 0.15) is 22.2 Å². The molecule has 0 saturated carbocycles. The molecule has 120 valence electrons. The molecule has 1 fully saturated rings. The summed E-state index contributed by atoms with van der Waals surface area (Å²) in [7, 11) is 0. The van der Waals surface area contributed by atoms with Gasteiger partial charge in [-0.25, -0.2) is 0 Å². The van der Waals surface area contributed by atoms with E-state index >= 15 is 0 Å². The smallest absolute Gasteiger partial charge is 0.0791 e. The van der Waals surface area contributed by atoms with Crippen molar-refractivity contribution >= 4 is 48.7 Å². The number of benzene rings is 1. The molecule has 2 aromatic heterocycles. The summed E-state index contributed by atoms with van der Waals surface area (Å²) in [5, 5.41) is 4.88. The molecule has 3 aromatic rings. The molecule has 0 radical (unpaired) electrons. The summed E-state index contributed by atoms with van der Waals surface area (Å²) in [4.78, 5) is 5.54.